The third-order valence-electron chi connectivity index (χ3n) is 2.35. The van der Waals surface area contributed by atoms with E-state index in [2.05, 4.69) is 28.9 Å². The van der Waals surface area contributed by atoms with E-state index in [4.69, 9.17) is 10.5 Å². The zero-order valence-electron chi connectivity index (χ0n) is 10.1. The van der Waals surface area contributed by atoms with Gasteiger partial charge in [-0.2, -0.15) is 10.1 Å². The van der Waals surface area contributed by atoms with Crippen molar-refractivity contribution in [3.8, 4) is 17.3 Å². The molecule has 0 fully saturated rings. The molecule has 0 amide bonds. The van der Waals surface area contributed by atoms with E-state index in [0.717, 1.165) is 5.69 Å². The molecule has 2 aromatic heterocycles. The van der Waals surface area contributed by atoms with Crippen molar-refractivity contribution < 1.29 is 4.74 Å². The average Bonchev–Trinajstić information content (AvgIpc) is 2.77. The number of nitrogen functional groups attached to an aromatic ring is 1. The highest BCUT2D eigenvalue weighted by molar-refractivity contribution is 5.57. The number of hydrogen-bond acceptors (Lipinski definition) is 5. The van der Waals surface area contributed by atoms with E-state index >= 15 is 0 Å². The maximum absolute atomic E-state index is 5.64. The number of anilines is 1. The fraction of sp³-hybridized carbons (Fsp3) is 0.364. The summed E-state index contributed by atoms with van der Waals surface area (Å²) in [7, 11) is 1.55. The molecule has 0 bridgehead atoms. The molecule has 6 heteroatoms. The normalized spacial score (nSPS) is 10.8. The number of nitrogens with zero attached hydrogens (tertiary/aromatic N) is 4. The van der Waals surface area contributed by atoms with Crippen LogP contribution >= 0.6 is 0 Å². The van der Waals surface area contributed by atoms with Gasteiger partial charge in [-0.3, -0.25) is 4.68 Å². The van der Waals surface area contributed by atoms with Gasteiger partial charge in [0.05, 0.1) is 18.5 Å². The molecular formula is C11H15N5O. The van der Waals surface area contributed by atoms with Crippen LogP contribution in [0.2, 0.25) is 0 Å². The summed E-state index contributed by atoms with van der Waals surface area (Å²) in [6.07, 6.45) is 1.74. The lowest BCUT2D eigenvalue weighted by Crippen LogP contribution is -2.06. The predicted molar refractivity (Wildman–Crippen MR) is 64.6 cm³/mol. The zero-order chi connectivity index (χ0) is 12.4. The van der Waals surface area contributed by atoms with E-state index in [1.807, 2.05) is 10.7 Å². The molecule has 17 heavy (non-hydrogen) atoms. The van der Waals surface area contributed by atoms with Crippen molar-refractivity contribution in [3.05, 3.63) is 18.3 Å². The monoisotopic (exact) mass is 233 g/mol. The van der Waals surface area contributed by atoms with Gasteiger partial charge < -0.3 is 10.5 Å². The molecule has 0 saturated heterocycles. The van der Waals surface area contributed by atoms with Gasteiger partial charge in [0.25, 0.3) is 0 Å². The molecule has 90 valence electrons. The van der Waals surface area contributed by atoms with Crippen LogP contribution in [0.25, 0.3) is 11.4 Å². The Morgan fingerprint density at radius 3 is 2.76 bits per heavy atom. The van der Waals surface area contributed by atoms with Crippen LogP contribution in [0.4, 0.5) is 5.95 Å². The van der Waals surface area contributed by atoms with Crippen molar-refractivity contribution in [1.29, 1.82) is 0 Å². The molecule has 0 aliphatic heterocycles. The summed E-state index contributed by atoms with van der Waals surface area (Å²) in [4.78, 5) is 8.14. The first-order chi connectivity index (χ1) is 8.11. The predicted octanol–water partition coefficient (Wildman–Crippen LogP) is 1.51. The fourth-order valence-corrected chi connectivity index (χ4v) is 1.61. The standard InChI is InChI=1S/C11H15N5O/c1-7(2)16-9(4-5-13-16)8-6-10(17-3)15-11(12)14-8/h4-7H,1-3H3,(H2,12,14,15). The SMILES string of the molecule is COc1cc(-c2ccnn2C(C)C)nc(N)n1. The van der Waals surface area contributed by atoms with Gasteiger partial charge in [0.1, 0.15) is 0 Å². The minimum Gasteiger partial charge on any atom is -0.481 e. The molecule has 0 unspecified atom stereocenters. The van der Waals surface area contributed by atoms with E-state index < -0.39 is 0 Å². The number of hydrogen-bond donors (Lipinski definition) is 1. The second kappa shape index (κ2) is 4.40. The summed E-state index contributed by atoms with van der Waals surface area (Å²) >= 11 is 0. The highest BCUT2D eigenvalue weighted by Crippen LogP contribution is 2.23. The first-order valence-electron chi connectivity index (χ1n) is 5.34. The number of methoxy groups -OCH3 is 1. The summed E-state index contributed by atoms with van der Waals surface area (Å²) in [6.45, 7) is 4.11. The van der Waals surface area contributed by atoms with Crippen LogP contribution in [0.3, 0.4) is 0 Å². The Hall–Kier alpha value is -2.11. The van der Waals surface area contributed by atoms with Crippen LogP contribution in [-0.2, 0) is 0 Å². The van der Waals surface area contributed by atoms with E-state index in [1.165, 1.54) is 0 Å². The van der Waals surface area contributed by atoms with Crippen molar-refractivity contribution in [2.45, 2.75) is 19.9 Å². The van der Waals surface area contributed by atoms with Gasteiger partial charge >= 0.3 is 0 Å². The number of rotatable bonds is 3. The highest BCUT2D eigenvalue weighted by Gasteiger charge is 2.11. The Labute approximate surface area is 99.4 Å². The summed E-state index contributed by atoms with van der Waals surface area (Å²) < 4.78 is 6.95. The maximum atomic E-state index is 5.64. The van der Waals surface area contributed by atoms with Crippen molar-refractivity contribution in [2.24, 2.45) is 0 Å². The lowest BCUT2D eigenvalue weighted by molar-refractivity contribution is 0.398. The second-order valence-corrected chi connectivity index (χ2v) is 3.91. The third-order valence-corrected chi connectivity index (χ3v) is 2.35. The first-order valence-corrected chi connectivity index (χ1v) is 5.34. The molecule has 2 N–H and O–H groups in total. The zero-order valence-corrected chi connectivity index (χ0v) is 10.1. The van der Waals surface area contributed by atoms with Crippen LogP contribution in [-0.4, -0.2) is 26.9 Å². The third kappa shape index (κ3) is 2.20. The van der Waals surface area contributed by atoms with Crippen LogP contribution < -0.4 is 10.5 Å². The smallest absolute Gasteiger partial charge is 0.223 e. The second-order valence-electron chi connectivity index (χ2n) is 3.91. The summed E-state index contributed by atoms with van der Waals surface area (Å²) in [6, 6.07) is 3.88. The molecule has 2 heterocycles. The molecule has 0 aliphatic carbocycles. The van der Waals surface area contributed by atoms with Crippen LogP contribution in [0.15, 0.2) is 18.3 Å². The van der Waals surface area contributed by atoms with E-state index in [9.17, 15) is 0 Å². The van der Waals surface area contributed by atoms with Crippen molar-refractivity contribution in [2.75, 3.05) is 12.8 Å². The Kier molecular flexibility index (Phi) is 2.95. The van der Waals surface area contributed by atoms with Crippen LogP contribution in [0.1, 0.15) is 19.9 Å². The number of ether oxygens (including phenoxy) is 1. The molecule has 6 nitrogen and oxygen atoms in total. The Morgan fingerprint density at radius 2 is 2.12 bits per heavy atom. The van der Waals surface area contributed by atoms with Gasteiger partial charge in [0, 0.05) is 18.3 Å². The van der Waals surface area contributed by atoms with E-state index in [0.29, 0.717) is 11.6 Å². The number of nitrogens with two attached hydrogens (primary N) is 1. The summed E-state index contributed by atoms with van der Waals surface area (Å²) in [5.74, 6) is 0.639. The molecule has 0 aliphatic rings. The molecule has 2 aromatic rings. The van der Waals surface area contributed by atoms with Gasteiger partial charge in [0.2, 0.25) is 11.8 Å². The number of aromatic nitrogens is 4. The molecule has 0 saturated carbocycles. The molecule has 0 atom stereocenters. The van der Waals surface area contributed by atoms with E-state index in [-0.39, 0.29) is 12.0 Å². The Bertz CT molecular complexity index is 520. The summed E-state index contributed by atoms with van der Waals surface area (Å²) in [5, 5.41) is 4.25. The average molecular weight is 233 g/mol. The Morgan fingerprint density at radius 1 is 1.35 bits per heavy atom. The minimum absolute atomic E-state index is 0.191. The van der Waals surface area contributed by atoms with Gasteiger partial charge in [-0.05, 0) is 19.9 Å². The van der Waals surface area contributed by atoms with Gasteiger partial charge in [0.15, 0.2) is 0 Å². The van der Waals surface area contributed by atoms with E-state index in [1.54, 1.807) is 19.4 Å². The minimum atomic E-state index is 0.191. The van der Waals surface area contributed by atoms with Gasteiger partial charge in [-0.25, -0.2) is 4.98 Å². The molecule has 2 rings (SSSR count). The fourth-order valence-electron chi connectivity index (χ4n) is 1.61. The Balaban J connectivity index is 2.52. The van der Waals surface area contributed by atoms with Crippen molar-refractivity contribution in [3.63, 3.8) is 0 Å². The summed E-state index contributed by atoms with van der Waals surface area (Å²) in [5.41, 5.74) is 7.24. The molecule has 0 spiro atoms. The van der Waals surface area contributed by atoms with Gasteiger partial charge in [-0.1, -0.05) is 0 Å². The first kappa shape index (κ1) is 11.4. The van der Waals surface area contributed by atoms with Gasteiger partial charge in [-0.15, -0.1) is 0 Å². The molecular weight excluding hydrogens is 218 g/mol. The molecule has 0 radical (unpaired) electrons. The lowest BCUT2D eigenvalue weighted by Gasteiger charge is -2.11. The highest BCUT2D eigenvalue weighted by atomic mass is 16.5. The topological polar surface area (TPSA) is 78.8 Å². The van der Waals surface area contributed by atoms with Crippen molar-refractivity contribution >= 4 is 5.95 Å². The quantitative estimate of drug-likeness (QED) is 0.869. The van der Waals surface area contributed by atoms with Crippen LogP contribution in [0.5, 0.6) is 5.88 Å². The molecule has 0 aromatic carbocycles. The van der Waals surface area contributed by atoms with Crippen LogP contribution in [0, 0.1) is 0 Å². The maximum Gasteiger partial charge on any atom is 0.223 e. The largest absolute Gasteiger partial charge is 0.481 e. The van der Waals surface area contributed by atoms with Crippen molar-refractivity contribution in [1.82, 2.24) is 19.7 Å². The lowest BCUT2D eigenvalue weighted by atomic mass is 10.2.